The maximum Gasteiger partial charge on any atom is 0.311 e. The lowest BCUT2D eigenvalue weighted by Gasteiger charge is -2.12. The number of anilines is 1. The molecule has 0 aliphatic rings. The summed E-state index contributed by atoms with van der Waals surface area (Å²) in [6, 6.07) is 18.5. The van der Waals surface area contributed by atoms with Crippen molar-refractivity contribution < 1.29 is 19.1 Å². The molecule has 0 fully saturated rings. The van der Waals surface area contributed by atoms with Gasteiger partial charge in [0.05, 0.1) is 6.61 Å². The van der Waals surface area contributed by atoms with Gasteiger partial charge in [-0.15, -0.1) is 0 Å². The Bertz CT molecular complexity index is 1150. The van der Waals surface area contributed by atoms with Crippen LogP contribution < -0.4 is 14.8 Å². The topological polar surface area (TPSA) is 64.6 Å². The standard InChI is InChI=1S/C29H33NO4/c1-19(2)26-14-13-25(18-21(26)4)33-16-6-7-28(31)34-24-11-9-23(10-12-24)29(32)30-27-15-8-20(3)17-22(27)5/h8-15,17-19H,6-7,16H2,1-5H3,(H,30,32). The monoisotopic (exact) mass is 459 g/mol. The second-order valence-corrected chi connectivity index (χ2v) is 8.90. The molecule has 0 aliphatic carbocycles. The van der Waals surface area contributed by atoms with Crippen LogP contribution in [0.25, 0.3) is 0 Å². The van der Waals surface area contributed by atoms with Gasteiger partial charge in [0.15, 0.2) is 0 Å². The van der Waals surface area contributed by atoms with Gasteiger partial charge < -0.3 is 14.8 Å². The molecule has 3 rings (SSSR count). The van der Waals surface area contributed by atoms with Crippen LogP contribution in [0.15, 0.2) is 60.7 Å². The number of carbonyl (C=O) groups excluding carboxylic acids is 2. The van der Waals surface area contributed by atoms with Gasteiger partial charge in [0.1, 0.15) is 11.5 Å². The highest BCUT2D eigenvalue weighted by Gasteiger charge is 2.10. The molecule has 0 unspecified atom stereocenters. The third-order valence-electron chi connectivity index (χ3n) is 5.64. The lowest BCUT2D eigenvalue weighted by Crippen LogP contribution is -2.13. The zero-order valence-corrected chi connectivity index (χ0v) is 20.6. The molecule has 0 atom stereocenters. The molecule has 3 aromatic carbocycles. The Morgan fingerprint density at radius 2 is 1.56 bits per heavy atom. The molecule has 1 N–H and O–H groups in total. The minimum atomic E-state index is -0.331. The normalized spacial score (nSPS) is 10.8. The second-order valence-electron chi connectivity index (χ2n) is 8.90. The van der Waals surface area contributed by atoms with Gasteiger partial charge >= 0.3 is 5.97 Å². The van der Waals surface area contributed by atoms with E-state index in [1.165, 1.54) is 11.1 Å². The molecule has 0 aliphatic heterocycles. The molecule has 1 amide bonds. The number of nitrogens with one attached hydrogen (secondary N) is 1. The molecule has 5 nitrogen and oxygen atoms in total. The Morgan fingerprint density at radius 1 is 0.853 bits per heavy atom. The first-order valence-corrected chi connectivity index (χ1v) is 11.7. The van der Waals surface area contributed by atoms with Gasteiger partial charge in [-0.2, -0.15) is 0 Å². The third-order valence-corrected chi connectivity index (χ3v) is 5.64. The van der Waals surface area contributed by atoms with Crippen LogP contribution in [0.4, 0.5) is 5.69 Å². The summed E-state index contributed by atoms with van der Waals surface area (Å²) in [7, 11) is 0. The molecule has 0 radical (unpaired) electrons. The molecule has 0 spiro atoms. The fourth-order valence-corrected chi connectivity index (χ4v) is 3.80. The third kappa shape index (κ3) is 6.95. The summed E-state index contributed by atoms with van der Waals surface area (Å²) in [6.45, 7) is 10.8. The van der Waals surface area contributed by atoms with E-state index < -0.39 is 0 Å². The van der Waals surface area contributed by atoms with Crippen molar-refractivity contribution in [2.75, 3.05) is 11.9 Å². The minimum absolute atomic E-state index is 0.210. The summed E-state index contributed by atoms with van der Waals surface area (Å²) in [4.78, 5) is 24.7. The fourth-order valence-electron chi connectivity index (χ4n) is 3.80. The Kier molecular flexibility index (Phi) is 8.47. The van der Waals surface area contributed by atoms with Gasteiger partial charge in [-0.3, -0.25) is 9.59 Å². The number of ether oxygens (including phenoxy) is 2. The molecular formula is C29H33NO4. The highest BCUT2D eigenvalue weighted by Crippen LogP contribution is 2.24. The Morgan fingerprint density at radius 3 is 2.21 bits per heavy atom. The summed E-state index contributed by atoms with van der Waals surface area (Å²) in [6.07, 6.45) is 0.804. The zero-order chi connectivity index (χ0) is 24.7. The predicted octanol–water partition coefficient (Wildman–Crippen LogP) is 6.75. The number of hydrogen-bond acceptors (Lipinski definition) is 4. The smallest absolute Gasteiger partial charge is 0.311 e. The molecular weight excluding hydrogens is 426 g/mol. The summed E-state index contributed by atoms with van der Waals surface area (Å²) >= 11 is 0. The SMILES string of the molecule is Cc1ccc(NC(=O)c2ccc(OC(=O)CCCOc3ccc(C(C)C)c(C)c3)cc2)c(C)c1. The predicted molar refractivity (Wildman–Crippen MR) is 136 cm³/mol. The summed E-state index contributed by atoms with van der Waals surface area (Å²) in [5.74, 6) is 1.16. The van der Waals surface area contributed by atoms with Crippen LogP contribution in [0, 0.1) is 20.8 Å². The van der Waals surface area contributed by atoms with Crippen LogP contribution in [0.5, 0.6) is 11.5 Å². The second kappa shape index (κ2) is 11.5. The minimum Gasteiger partial charge on any atom is -0.494 e. The number of carbonyl (C=O) groups is 2. The Hall–Kier alpha value is -3.60. The Balaban J connectivity index is 1.43. The summed E-state index contributed by atoms with van der Waals surface area (Å²) in [5, 5.41) is 2.91. The summed E-state index contributed by atoms with van der Waals surface area (Å²) < 4.78 is 11.2. The number of benzene rings is 3. The van der Waals surface area contributed by atoms with E-state index in [-0.39, 0.29) is 18.3 Å². The van der Waals surface area contributed by atoms with E-state index in [1.807, 2.05) is 44.2 Å². The van der Waals surface area contributed by atoms with Crippen LogP contribution in [0.2, 0.25) is 0 Å². The highest BCUT2D eigenvalue weighted by atomic mass is 16.5. The lowest BCUT2D eigenvalue weighted by atomic mass is 9.98. The first-order valence-electron chi connectivity index (χ1n) is 11.7. The molecule has 178 valence electrons. The van der Waals surface area contributed by atoms with Crippen LogP contribution in [-0.4, -0.2) is 18.5 Å². The van der Waals surface area contributed by atoms with E-state index in [0.29, 0.717) is 30.3 Å². The van der Waals surface area contributed by atoms with Crippen LogP contribution in [0.3, 0.4) is 0 Å². The van der Waals surface area contributed by atoms with Gasteiger partial charge in [0, 0.05) is 17.7 Å². The van der Waals surface area contributed by atoms with Gasteiger partial charge in [0.2, 0.25) is 0 Å². The molecule has 3 aromatic rings. The zero-order valence-electron chi connectivity index (χ0n) is 20.6. The molecule has 0 saturated heterocycles. The highest BCUT2D eigenvalue weighted by molar-refractivity contribution is 6.04. The first-order chi connectivity index (χ1) is 16.2. The van der Waals surface area contributed by atoms with E-state index in [9.17, 15) is 9.59 Å². The Labute approximate surface area is 202 Å². The van der Waals surface area contributed by atoms with Crippen molar-refractivity contribution in [3.05, 3.63) is 88.5 Å². The van der Waals surface area contributed by atoms with E-state index >= 15 is 0 Å². The van der Waals surface area contributed by atoms with Crippen LogP contribution in [0.1, 0.15) is 65.2 Å². The maximum absolute atomic E-state index is 12.5. The molecule has 0 bridgehead atoms. The largest absolute Gasteiger partial charge is 0.494 e. The number of amides is 1. The molecule has 34 heavy (non-hydrogen) atoms. The summed E-state index contributed by atoms with van der Waals surface area (Å²) in [5.41, 5.74) is 5.93. The molecule has 0 heterocycles. The van der Waals surface area contributed by atoms with Crippen molar-refractivity contribution >= 4 is 17.6 Å². The number of aryl methyl sites for hydroxylation is 3. The van der Waals surface area contributed by atoms with E-state index in [4.69, 9.17) is 9.47 Å². The van der Waals surface area contributed by atoms with E-state index in [1.54, 1.807) is 24.3 Å². The number of esters is 1. The quantitative estimate of drug-likeness (QED) is 0.218. The fraction of sp³-hybridized carbons (Fsp3) is 0.310. The van der Waals surface area contributed by atoms with Crippen LogP contribution >= 0.6 is 0 Å². The molecule has 5 heteroatoms. The maximum atomic E-state index is 12.5. The van der Waals surface area contributed by atoms with Crippen molar-refractivity contribution in [3.63, 3.8) is 0 Å². The van der Waals surface area contributed by atoms with Crippen molar-refractivity contribution in [2.45, 2.75) is 53.4 Å². The average molecular weight is 460 g/mol. The lowest BCUT2D eigenvalue weighted by molar-refractivity contribution is -0.134. The van der Waals surface area contributed by atoms with Crippen molar-refractivity contribution in [1.29, 1.82) is 0 Å². The molecule has 0 aromatic heterocycles. The van der Waals surface area contributed by atoms with E-state index in [2.05, 4.69) is 32.2 Å². The van der Waals surface area contributed by atoms with E-state index in [0.717, 1.165) is 22.6 Å². The molecule has 0 saturated carbocycles. The number of hydrogen-bond donors (Lipinski definition) is 1. The van der Waals surface area contributed by atoms with Crippen molar-refractivity contribution in [3.8, 4) is 11.5 Å². The first kappa shape index (κ1) is 25.0. The van der Waals surface area contributed by atoms with Gasteiger partial charge in [-0.05, 0) is 92.3 Å². The average Bonchev–Trinajstić information content (AvgIpc) is 2.79. The van der Waals surface area contributed by atoms with Crippen molar-refractivity contribution in [2.24, 2.45) is 0 Å². The van der Waals surface area contributed by atoms with Gasteiger partial charge in [0.25, 0.3) is 5.91 Å². The van der Waals surface area contributed by atoms with Gasteiger partial charge in [-0.25, -0.2) is 0 Å². The van der Waals surface area contributed by atoms with Crippen LogP contribution in [-0.2, 0) is 4.79 Å². The van der Waals surface area contributed by atoms with Crippen molar-refractivity contribution in [1.82, 2.24) is 0 Å². The number of rotatable bonds is 9. The van der Waals surface area contributed by atoms with Gasteiger partial charge in [-0.1, -0.05) is 37.6 Å².